The summed E-state index contributed by atoms with van der Waals surface area (Å²) in [6.07, 6.45) is -0.602. The Morgan fingerprint density at radius 3 is 2.59 bits per heavy atom. The summed E-state index contributed by atoms with van der Waals surface area (Å²) in [6.45, 7) is 3.35. The standard InChI is InChI=1S/C11H16N2O4/c1-5-9(6(2)17-13-5)11(16)12-7-3-4-8(14)10(7)15/h7-8,10,14-15H,3-4H2,1-2H3,(H,12,16)/t7-,8-,10-/m1/s1. The van der Waals surface area contributed by atoms with Crippen molar-refractivity contribution in [3.8, 4) is 0 Å². The Morgan fingerprint density at radius 2 is 2.12 bits per heavy atom. The van der Waals surface area contributed by atoms with Gasteiger partial charge in [-0.15, -0.1) is 0 Å². The van der Waals surface area contributed by atoms with E-state index in [4.69, 9.17) is 4.52 Å². The highest BCUT2D eigenvalue weighted by Crippen LogP contribution is 2.21. The van der Waals surface area contributed by atoms with Crippen LogP contribution in [0.4, 0.5) is 0 Å². The van der Waals surface area contributed by atoms with Crippen LogP contribution in [0.25, 0.3) is 0 Å². The van der Waals surface area contributed by atoms with Gasteiger partial charge in [0, 0.05) is 0 Å². The molecule has 1 aromatic rings. The first-order valence-corrected chi connectivity index (χ1v) is 5.60. The van der Waals surface area contributed by atoms with Crippen molar-refractivity contribution < 1.29 is 19.5 Å². The maximum absolute atomic E-state index is 12.0. The molecule has 1 amide bonds. The lowest BCUT2D eigenvalue weighted by Crippen LogP contribution is -2.43. The lowest BCUT2D eigenvalue weighted by Gasteiger charge is -2.17. The fourth-order valence-corrected chi connectivity index (χ4v) is 2.17. The van der Waals surface area contributed by atoms with Crippen LogP contribution in [0.1, 0.15) is 34.7 Å². The van der Waals surface area contributed by atoms with Gasteiger partial charge in [0.25, 0.3) is 5.91 Å². The minimum absolute atomic E-state index is 0.320. The van der Waals surface area contributed by atoms with Crippen molar-refractivity contribution in [2.75, 3.05) is 0 Å². The molecule has 0 aliphatic heterocycles. The molecule has 94 valence electrons. The number of aromatic nitrogens is 1. The van der Waals surface area contributed by atoms with Crippen molar-refractivity contribution in [1.29, 1.82) is 0 Å². The van der Waals surface area contributed by atoms with Gasteiger partial charge < -0.3 is 20.1 Å². The molecular weight excluding hydrogens is 224 g/mol. The number of aryl methyl sites for hydroxylation is 2. The van der Waals surface area contributed by atoms with Crippen LogP contribution in [0.2, 0.25) is 0 Å². The lowest BCUT2D eigenvalue weighted by molar-refractivity contribution is 0.0296. The highest BCUT2D eigenvalue weighted by atomic mass is 16.5. The van der Waals surface area contributed by atoms with E-state index in [-0.39, 0.29) is 5.91 Å². The SMILES string of the molecule is Cc1noc(C)c1C(=O)N[C@@H]1CC[C@@H](O)[C@@H]1O. The van der Waals surface area contributed by atoms with E-state index in [9.17, 15) is 15.0 Å². The Morgan fingerprint density at radius 1 is 1.41 bits per heavy atom. The molecule has 2 rings (SSSR count). The van der Waals surface area contributed by atoms with E-state index >= 15 is 0 Å². The third-order valence-electron chi connectivity index (χ3n) is 3.16. The van der Waals surface area contributed by atoms with Gasteiger partial charge in [0.15, 0.2) is 0 Å². The van der Waals surface area contributed by atoms with Crippen molar-refractivity contribution in [1.82, 2.24) is 10.5 Å². The molecule has 0 spiro atoms. The Kier molecular flexibility index (Phi) is 3.17. The van der Waals surface area contributed by atoms with Crippen LogP contribution in [-0.2, 0) is 0 Å². The summed E-state index contributed by atoms with van der Waals surface area (Å²) in [6, 6.07) is -0.411. The van der Waals surface area contributed by atoms with Crippen molar-refractivity contribution in [2.45, 2.75) is 44.9 Å². The summed E-state index contributed by atoms with van der Waals surface area (Å²) in [5.41, 5.74) is 0.923. The second-order valence-electron chi connectivity index (χ2n) is 4.41. The summed E-state index contributed by atoms with van der Waals surface area (Å²) < 4.78 is 4.91. The smallest absolute Gasteiger partial charge is 0.257 e. The van der Waals surface area contributed by atoms with E-state index in [1.54, 1.807) is 13.8 Å². The summed E-state index contributed by atoms with van der Waals surface area (Å²) in [4.78, 5) is 12.0. The number of rotatable bonds is 2. The van der Waals surface area contributed by atoms with Crippen LogP contribution in [0.5, 0.6) is 0 Å². The maximum Gasteiger partial charge on any atom is 0.257 e. The van der Waals surface area contributed by atoms with Crippen LogP contribution in [0, 0.1) is 13.8 Å². The molecule has 1 saturated carbocycles. The predicted octanol–water partition coefficient (Wildman–Crippen LogP) is -0.0946. The third kappa shape index (κ3) is 2.18. The number of carbonyl (C=O) groups is 1. The number of aliphatic hydroxyl groups is 2. The molecule has 0 saturated heterocycles. The molecular formula is C11H16N2O4. The van der Waals surface area contributed by atoms with E-state index in [2.05, 4.69) is 10.5 Å². The van der Waals surface area contributed by atoms with Crippen LogP contribution >= 0.6 is 0 Å². The van der Waals surface area contributed by atoms with Gasteiger partial charge in [-0.2, -0.15) is 0 Å². The Labute approximate surface area is 98.6 Å². The van der Waals surface area contributed by atoms with Gasteiger partial charge in [0.2, 0.25) is 0 Å². The highest BCUT2D eigenvalue weighted by molar-refractivity contribution is 5.96. The fourth-order valence-electron chi connectivity index (χ4n) is 2.17. The number of nitrogens with one attached hydrogen (secondary N) is 1. The van der Waals surface area contributed by atoms with E-state index in [1.165, 1.54) is 0 Å². The van der Waals surface area contributed by atoms with Crippen molar-refractivity contribution in [3.05, 3.63) is 17.0 Å². The summed E-state index contributed by atoms with van der Waals surface area (Å²) in [5.74, 6) is 0.132. The van der Waals surface area contributed by atoms with E-state index in [0.29, 0.717) is 29.9 Å². The second-order valence-corrected chi connectivity index (χ2v) is 4.41. The average Bonchev–Trinajstić information content (AvgIpc) is 2.76. The van der Waals surface area contributed by atoms with Crippen LogP contribution in [-0.4, -0.2) is 39.5 Å². The topological polar surface area (TPSA) is 95.6 Å². The van der Waals surface area contributed by atoms with Gasteiger partial charge in [-0.25, -0.2) is 0 Å². The second kappa shape index (κ2) is 4.46. The molecule has 3 atom stereocenters. The Hall–Kier alpha value is -1.40. The van der Waals surface area contributed by atoms with E-state index < -0.39 is 18.2 Å². The van der Waals surface area contributed by atoms with E-state index in [1.807, 2.05) is 0 Å². The molecule has 1 aromatic heterocycles. The highest BCUT2D eigenvalue weighted by Gasteiger charge is 2.35. The van der Waals surface area contributed by atoms with Crippen molar-refractivity contribution in [2.24, 2.45) is 0 Å². The third-order valence-corrected chi connectivity index (χ3v) is 3.16. The van der Waals surface area contributed by atoms with Gasteiger partial charge in [0.05, 0.1) is 17.8 Å². The fraction of sp³-hybridized carbons (Fsp3) is 0.636. The molecule has 17 heavy (non-hydrogen) atoms. The molecule has 0 aromatic carbocycles. The molecule has 1 heterocycles. The number of aliphatic hydroxyl groups excluding tert-OH is 2. The quantitative estimate of drug-likeness (QED) is 0.671. The number of nitrogens with zero attached hydrogens (tertiary/aromatic N) is 1. The van der Waals surface area contributed by atoms with E-state index in [0.717, 1.165) is 0 Å². The van der Waals surface area contributed by atoms with Gasteiger partial charge >= 0.3 is 0 Å². The molecule has 1 aliphatic rings. The van der Waals surface area contributed by atoms with Crippen LogP contribution in [0.15, 0.2) is 4.52 Å². The van der Waals surface area contributed by atoms with Gasteiger partial charge in [-0.05, 0) is 26.7 Å². The largest absolute Gasteiger partial charge is 0.390 e. The summed E-state index contributed by atoms with van der Waals surface area (Å²) in [5, 5.41) is 25.4. The minimum Gasteiger partial charge on any atom is -0.390 e. The number of amides is 1. The first-order valence-electron chi connectivity index (χ1n) is 5.60. The molecule has 6 nitrogen and oxygen atoms in total. The summed E-state index contributed by atoms with van der Waals surface area (Å²) >= 11 is 0. The van der Waals surface area contributed by atoms with Crippen LogP contribution in [0.3, 0.4) is 0 Å². The molecule has 3 N–H and O–H groups in total. The van der Waals surface area contributed by atoms with Gasteiger partial charge in [-0.3, -0.25) is 4.79 Å². The van der Waals surface area contributed by atoms with Crippen molar-refractivity contribution >= 4 is 5.91 Å². The number of hydrogen-bond donors (Lipinski definition) is 3. The normalized spacial score (nSPS) is 28.4. The molecule has 0 radical (unpaired) electrons. The number of carbonyl (C=O) groups excluding carboxylic acids is 1. The monoisotopic (exact) mass is 240 g/mol. The molecule has 1 aliphatic carbocycles. The Bertz CT molecular complexity index is 410. The maximum atomic E-state index is 12.0. The molecule has 0 unspecified atom stereocenters. The number of hydrogen-bond acceptors (Lipinski definition) is 5. The van der Waals surface area contributed by atoms with Crippen LogP contribution < -0.4 is 5.32 Å². The lowest BCUT2D eigenvalue weighted by atomic mass is 10.1. The molecule has 1 fully saturated rings. The van der Waals surface area contributed by atoms with Gasteiger partial charge in [-0.1, -0.05) is 5.16 Å². The first kappa shape index (κ1) is 12.1. The molecule has 6 heteroatoms. The minimum atomic E-state index is -0.903. The van der Waals surface area contributed by atoms with Crippen molar-refractivity contribution in [3.63, 3.8) is 0 Å². The average molecular weight is 240 g/mol. The zero-order chi connectivity index (χ0) is 12.6. The first-order chi connectivity index (χ1) is 8.00. The summed E-state index contributed by atoms with van der Waals surface area (Å²) in [7, 11) is 0. The Balaban J connectivity index is 2.08. The predicted molar refractivity (Wildman–Crippen MR) is 58.5 cm³/mol. The zero-order valence-corrected chi connectivity index (χ0v) is 9.80. The molecule has 0 bridgehead atoms. The van der Waals surface area contributed by atoms with Gasteiger partial charge in [0.1, 0.15) is 17.4 Å². The zero-order valence-electron chi connectivity index (χ0n) is 9.80.